The Morgan fingerprint density at radius 2 is 0.473 bits per heavy atom. The number of nitro groups is 1. The summed E-state index contributed by atoms with van der Waals surface area (Å²) < 4.78 is 44.1. The summed E-state index contributed by atoms with van der Waals surface area (Å²) in [7, 11) is -0.655. The van der Waals surface area contributed by atoms with Gasteiger partial charge in [-0.2, -0.15) is 13.2 Å². The van der Waals surface area contributed by atoms with Gasteiger partial charge in [0.15, 0.2) is 58.7 Å². The topological polar surface area (TPSA) is 72.6 Å². The third kappa shape index (κ3) is 22.3. The van der Waals surface area contributed by atoms with Crippen molar-refractivity contribution in [2.45, 2.75) is 94.3 Å². The molecule has 15 heteroatoms. The quantitative estimate of drug-likeness (QED) is 0.0437. The van der Waals surface area contributed by atoms with Gasteiger partial charge in [-0.25, -0.2) is 0 Å². The van der Waals surface area contributed by atoms with Crippen LogP contribution in [0.15, 0.2) is 531 Å². The monoisotopic (exact) mass is 1600 g/mol. The van der Waals surface area contributed by atoms with E-state index < -0.39 is 11.7 Å². The number of hydrogen-bond donors (Lipinski definition) is 1. The second kappa shape index (κ2) is 40.1. The van der Waals surface area contributed by atoms with Crippen molar-refractivity contribution >= 4 is 84.6 Å². The maximum absolute atomic E-state index is 12.7. The van der Waals surface area contributed by atoms with E-state index in [0.717, 1.165) is 43.2 Å². The summed E-state index contributed by atoms with van der Waals surface area (Å²) in [5, 5.41) is 20.7. The zero-order valence-electron chi connectivity index (χ0n) is 60.3. The smallest absolute Gasteiger partial charge is 0.416 e. The molecule has 16 aromatic carbocycles. The molecule has 0 spiro atoms. The fraction of sp³-hybridized carbons (Fsp3) is 0.0103. The Bertz CT molecular complexity index is 5340. The van der Waals surface area contributed by atoms with E-state index in [2.05, 4.69) is 255 Å². The number of halogens is 3. The van der Waals surface area contributed by atoms with Crippen LogP contribution < -0.4 is 4.74 Å². The minimum Gasteiger partial charge on any atom is -0.508 e. The maximum Gasteiger partial charge on any atom is 0.416 e. The van der Waals surface area contributed by atoms with Crippen LogP contribution in [0.2, 0.25) is 0 Å². The standard InChI is InChI=1S/C25H18F3S2.C24H18NO2S2.C24H18OS2.C24H19OS/c26-25(27,28)19-11-13-20(14-12-19)29-21-15-17-24(18-16-21)30(22-7-3-1-4-8-22)23-9-5-2-6-10-23;26-25(27)23-13-7-8-14-24(23)28-19-15-17-22(18-16-19)29(20-9-3-1-4-10-20)21-11-5-2-6-12-21;25-19-11-13-20(14-12-19)26-21-15-17-24(18-16-21)27(22-7-3-1-4-8-22)23-9-5-2-6-10-23;1-4-10-20(11-5-1)25-21-16-18-24(19-17-21)26(22-12-6-2-7-13-22)23-14-8-3-9-15-23/h1-18H;1-18H;1-18H;1-19H/q2*+1;;+1/p+1. The lowest BCUT2D eigenvalue weighted by atomic mass is 10.2. The first-order valence-electron chi connectivity index (χ1n) is 35.7. The lowest BCUT2D eigenvalue weighted by Gasteiger charge is -2.09. The van der Waals surface area contributed by atoms with E-state index >= 15 is 0 Å². The predicted molar refractivity (Wildman–Crippen MR) is 457 cm³/mol. The highest BCUT2D eigenvalue weighted by atomic mass is 32.2. The van der Waals surface area contributed by atoms with E-state index in [1.807, 2.05) is 133 Å². The van der Waals surface area contributed by atoms with E-state index in [1.165, 1.54) is 99.3 Å². The number of nitro benzene ring substituents is 1. The number of rotatable bonds is 21. The normalized spacial score (nSPS) is 11.0. The largest absolute Gasteiger partial charge is 0.508 e. The maximum atomic E-state index is 12.7. The fourth-order valence-electron chi connectivity index (χ4n) is 11.6. The number of hydrogen-bond acceptors (Lipinski definition) is 7. The van der Waals surface area contributed by atoms with Crippen LogP contribution in [0.5, 0.6) is 17.2 Å². The van der Waals surface area contributed by atoms with E-state index in [-0.39, 0.29) is 54.2 Å². The minimum absolute atomic E-state index is 0.115. The van der Waals surface area contributed by atoms with Crippen molar-refractivity contribution in [1.82, 2.24) is 0 Å². The number of phenolic OH excluding ortho intramolecular Hbond substituents is 1. The second-order valence-corrected chi connectivity index (χ2v) is 36.1. The van der Waals surface area contributed by atoms with E-state index in [0.29, 0.717) is 10.6 Å². The Kier molecular flexibility index (Phi) is 28.2. The van der Waals surface area contributed by atoms with Gasteiger partial charge in [-0.3, -0.25) is 10.1 Å². The summed E-state index contributed by atoms with van der Waals surface area (Å²) in [5.74, 6) is 2.00. The second-order valence-electron chi connectivity index (χ2n) is 24.6. The van der Waals surface area contributed by atoms with Crippen LogP contribution in [-0.2, 0) is 49.8 Å². The Morgan fingerprint density at radius 1 is 0.259 bits per heavy atom. The Labute approximate surface area is 676 Å². The van der Waals surface area contributed by atoms with Crippen molar-refractivity contribution in [3.8, 4) is 17.2 Å². The molecule has 0 fully saturated rings. The molecule has 0 aliphatic rings. The average molecular weight is 1600 g/mol. The van der Waals surface area contributed by atoms with Gasteiger partial charge in [-0.05, 0) is 261 Å². The highest BCUT2D eigenvalue weighted by Gasteiger charge is 2.33. The number of nitrogens with zero attached hydrogens (tertiary/aromatic N) is 1. The van der Waals surface area contributed by atoms with Gasteiger partial charge in [0.05, 0.1) is 59.0 Å². The van der Waals surface area contributed by atoms with Gasteiger partial charge in [0.25, 0.3) is 5.69 Å². The zero-order chi connectivity index (χ0) is 77.1. The van der Waals surface area contributed by atoms with Crippen molar-refractivity contribution in [1.29, 1.82) is 0 Å². The minimum atomic E-state index is -4.31. The molecule has 0 aliphatic carbocycles. The summed E-state index contributed by atoms with van der Waals surface area (Å²) in [6, 6.07) is 148. The SMILES string of the molecule is FC(F)(F)c1ccc(Sc2ccc([S+](c3ccccc3)c3ccccc3)cc2)cc1.O=[N+]([O-])c1ccccc1Sc1ccc([S+](c2ccccc2)c2ccccc2)cc1.Oc1ccc(Sc2ccc([S+](c3ccccc3)c3ccccc3)cc2)cc1.c1ccc(Oc2ccc([S+](c3ccccc3)c3ccccc3)cc2)cc1. The number of phenols is 1. The number of para-hydroxylation sites is 2. The number of aromatic hydroxyl groups is 1. The molecule has 0 saturated heterocycles. The van der Waals surface area contributed by atoms with Crippen LogP contribution in [0.3, 0.4) is 0 Å². The molecule has 1 N–H and O–H groups in total. The van der Waals surface area contributed by atoms with Gasteiger partial charge in [0.2, 0.25) is 0 Å². The molecule has 16 aromatic rings. The lowest BCUT2D eigenvalue weighted by Crippen LogP contribution is -2.04. The summed E-state index contributed by atoms with van der Waals surface area (Å²) in [4.78, 5) is 31.9. The van der Waals surface area contributed by atoms with E-state index in [9.17, 15) is 28.4 Å². The Balaban J connectivity index is 0.000000131. The van der Waals surface area contributed by atoms with Crippen molar-refractivity contribution < 1.29 is 27.9 Å². The molecule has 0 aliphatic heterocycles. The summed E-state index contributed by atoms with van der Waals surface area (Å²) in [5.41, 5.74) is -0.494. The van der Waals surface area contributed by atoms with Crippen LogP contribution in [0, 0.1) is 10.1 Å². The molecule has 0 radical (unpaired) electrons. The van der Waals surface area contributed by atoms with Crippen molar-refractivity contribution in [2.75, 3.05) is 0 Å². The third-order valence-corrected chi connectivity index (χ3v) is 28.9. The number of benzene rings is 16. The third-order valence-electron chi connectivity index (χ3n) is 16.8. The molecule has 0 saturated carbocycles. The number of alkyl halides is 3. The van der Waals surface area contributed by atoms with Gasteiger partial charge >= 0.3 is 6.18 Å². The number of ether oxygens (including phenoxy) is 1. The van der Waals surface area contributed by atoms with Gasteiger partial charge in [-0.15, -0.1) is 0 Å². The molecule has 0 atom stereocenters. The van der Waals surface area contributed by atoms with Gasteiger partial charge in [0.1, 0.15) is 17.2 Å². The summed E-state index contributed by atoms with van der Waals surface area (Å²) in [6.07, 6.45) is -4.31. The average Bonchev–Trinajstić information content (AvgIpc) is 0.819. The van der Waals surface area contributed by atoms with Crippen LogP contribution >= 0.6 is 35.3 Å². The summed E-state index contributed by atoms with van der Waals surface area (Å²) >= 11 is 4.57. The molecule has 0 unspecified atom stereocenters. The molecule has 0 aromatic heterocycles. The predicted octanol–water partition coefficient (Wildman–Crippen LogP) is 28.0. The van der Waals surface area contributed by atoms with Crippen LogP contribution in [0.1, 0.15) is 5.56 Å². The van der Waals surface area contributed by atoms with Crippen LogP contribution in [-0.4, -0.2) is 10.0 Å². The molecule has 16 rings (SSSR count). The first-order valence-corrected chi connectivity index (χ1v) is 43.0. The van der Waals surface area contributed by atoms with Crippen molar-refractivity contribution in [2.24, 2.45) is 0 Å². The fourth-order valence-corrected chi connectivity index (χ4v) is 22.5. The summed E-state index contributed by atoms with van der Waals surface area (Å²) in [6.45, 7) is 0. The van der Waals surface area contributed by atoms with Gasteiger partial charge in [-0.1, -0.05) is 211 Å². The molecule has 0 heterocycles. The lowest BCUT2D eigenvalue weighted by molar-refractivity contribution is -0.387. The highest BCUT2D eigenvalue weighted by molar-refractivity contribution is 8.00. The van der Waals surface area contributed by atoms with E-state index in [1.54, 1.807) is 42.1 Å². The van der Waals surface area contributed by atoms with Crippen molar-refractivity contribution in [3.05, 3.63) is 459 Å². The molecule has 112 heavy (non-hydrogen) atoms. The van der Waals surface area contributed by atoms with Crippen LogP contribution in [0.4, 0.5) is 18.9 Å². The first-order chi connectivity index (χ1) is 54.9. The highest BCUT2D eigenvalue weighted by Crippen LogP contribution is 2.41. The van der Waals surface area contributed by atoms with Gasteiger partial charge in [0, 0.05) is 30.5 Å². The molecule has 5 nitrogen and oxygen atoms in total. The first kappa shape index (κ1) is 78.9. The van der Waals surface area contributed by atoms with E-state index in [4.69, 9.17) is 4.74 Å². The van der Waals surface area contributed by atoms with Crippen LogP contribution in [0.25, 0.3) is 0 Å². The Morgan fingerprint density at radius 3 is 0.750 bits per heavy atom. The molecule has 0 amide bonds. The molecule has 550 valence electrons. The van der Waals surface area contributed by atoms with Gasteiger partial charge < -0.3 is 9.84 Å². The molecular weight excluding hydrogens is 1520 g/mol. The molecular formula is C97H74F3NO4S7+4. The van der Waals surface area contributed by atoms with Crippen molar-refractivity contribution in [3.63, 3.8) is 0 Å². The Hall–Kier alpha value is -11.2. The zero-order valence-corrected chi connectivity index (χ0v) is 66.0. The molecule has 0 bridgehead atoms.